The maximum atomic E-state index is 11.3. The molecule has 0 aliphatic rings. The molecule has 1 heterocycles. The molecule has 0 aliphatic heterocycles. The van der Waals surface area contributed by atoms with Crippen LogP contribution in [0.2, 0.25) is 0 Å². The van der Waals surface area contributed by atoms with Crippen LogP contribution in [0, 0.1) is 0 Å². The fourth-order valence-electron chi connectivity index (χ4n) is 3.17. The summed E-state index contributed by atoms with van der Waals surface area (Å²) < 4.78 is 69.8. The van der Waals surface area contributed by atoms with Gasteiger partial charge >= 0.3 is 11.5 Å². The second kappa shape index (κ2) is 8.29. The van der Waals surface area contributed by atoms with Gasteiger partial charge in [-0.2, -0.15) is 16.8 Å². The van der Waals surface area contributed by atoms with Gasteiger partial charge in [0.1, 0.15) is 0 Å². The average Bonchev–Trinajstić information content (AvgIpc) is 2.78. The Morgan fingerprint density at radius 2 is 0.906 bits per heavy atom. The average molecular weight is 470 g/mol. The van der Waals surface area contributed by atoms with Gasteiger partial charge in [-0.1, -0.05) is 30.3 Å². The second-order valence-electron chi connectivity index (χ2n) is 6.94. The molecule has 0 spiro atoms. The standard InChI is InChI=1S/C23H16O7S2/c24-31(25,26)20-10-6-17(7-11-20)22-14-19(16-4-2-1-3-5-16)15-23(30-22)18-8-12-21(13-9-18)32(27,28)29/h1-15H,(H-,24,25,26,27,28,29)/p+1. The molecule has 0 unspecified atom stereocenters. The third-order valence-corrected chi connectivity index (χ3v) is 6.51. The van der Waals surface area contributed by atoms with Crippen LogP contribution < -0.4 is 0 Å². The normalized spacial score (nSPS) is 11.9. The molecule has 0 saturated heterocycles. The van der Waals surface area contributed by atoms with Crippen molar-refractivity contribution in [3.8, 4) is 33.8 Å². The Morgan fingerprint density at radius 1 is 0.500 bits per heavy atom. The van der Waals surface area contributed by atoms with Crippen molar-refractivity contribution in [1.29, 1.82) is 0 Å². The number of hydrogen-bond donors (Lipinski definition) is 2. The monoisotopic (exact) mass is 469 g/mol. The minimum Gasteiger partial charge on any atom is -0.282 e. The smallest absolute Gasteiger partial charge is 0.282 e. The molecule has 0 saturated carbocycles. The highest BCUT2D eigenvalue weighted by atomic mass is 32.2. The molecule has 1 aromatic heterocycles. The molecule has 0 amide bonds. The SMILES string of the molecule is O=S(=O)(O)c1ccc(-c2cc(-c3ccccc3)cc(-c3ccc(S(=O)(=O)O)cc3)[o+]2)cc1. The van der Waals surface area contributed by atoms with Crippen LogP contribution in [0.1, 0.15) is 0 Å². The molecule has 0 bridgehead atoms. The second-order valence-corrected chi connectivity index (χ2v) is 9.78. The Balaban J connectivity index is 1.85. The van der Waals surface area contributed by atoms with Crippen molar-refractivity contribution in [3.05, 3.63) is 91.0 Å². The highest BCUT2D eigenvalue weighted by Gasteiger charge is 2.22. The topological polar surface area (TPSA) is 120 Å². The third-order valence-electron chi connectivity index (χ3n) is 4.77. The van der Waals surface area contributed by atoms with Gasteiger partial charge in [0.05, 0.1) is 33.1 Å². The molecular formula is C23H17O7S2+. The van der Waals surface area contributed by atoms with Crippen LogP contribution in [-0.4, -0.2) is 25.9 Å². The van der Waals surface area contributed by atoms with Crippen LogP contribution in [0.15, 0.2) is 105 Å². The molecule has 162 valence electrons. The lowest BCUT2D eigenvalue weighted by Gasteiger charge is -2.03. The van der Waals surface area contributed by atoms with Crippen molar-refractivity contribution < 1.29 is 30.4 Å². The molecular weight excluding hydrogens is 452 g/mol. The van der Waals surface area contributed by atoms with E-state index >= 15 is 0 Å². The fourth-order valence-corrected chi connectivity index (χ4v) is 4.13. The molecule has 4 rings (SSSR count). The van der Waals surface area contributed by atoms with Gasteiger partial charge in [-0.3, -0.25) is 9.11 Å². The van der Waals surface area contributed by atoms with Crippen molar-refractivity contribution in [2.75, 3.05) is 0 Å². The van der Waals surface area contributed by atoms with E-state index in [4.69, 9.17) is 4.42 Å². The van der Waals surface area contributed by atoms with E-state index in [2.05, 4.69) is 0 Å². The van der Waals surface area contributed by atoms with Gasteiger partial charge in [-0.15, -0.1) is 0 Å². The zero-order valence-corrected chi connectivity index (χ0v) is 18.0. The van der Waals surface area contributed by atoms with E-state index in [9.17, 15) is 25.9 Å². The first-order valence-corrected chi connectivity index (χ1v) is 12.2. The lowest BCUT2D eigenvalue weighted by Crippen LogP contribution is -1.97. The van der Waals surface area contributed by atoms with Gasteiger partial charge in [-0.25, -0.2) is 4.42 Å². The van der Waals surface area contributed by atoms with Crippen molar-refractivity contribution in [2.24, 2.45) is 0 Å². The van der Waals surface area contributed by atoms with Crippen LogP contribution >= 0.6 is 0 Å². The molecule has 0 fully saturated rings. The van der Waals surface area contributed by atoms with Crippen LogP contribution in [0.3, 0.4) is 0 Å². The Hall–Kier alpha value is -3.37. The first kappa shape index (κ1) is 21.8. The van der Waals surface area contributed by atoms with E-state index in [-0.39, 0.29) is 9.79 Å². The first-order chi connectivity index (χ1) is 15.1. The molecule has 4 aromatic rings. The summed E-state index contributed by atoms with van der Waals surface area (Å²) in [5.41, 5.74) is 2.88. The number of rotatable bonds is 5. The van der Waals surface area contributed by atoms with E-state index in [0.29, 0.717) is 22.6 Å². The van der Waals surface area contributed by atoms with E-state index in [1.165, 1.54) is 48.5 Å². The van der Waals surface area contributed by atoms with Crippen LogP contribution in [0.4, 0.5) is 0 Å². The number of hydrogen-bond acceptors (Lipinski definition) is 4. The lowest BCUT2D eigenvalue weighted by molar-refractivity contribution is 0.481. The molecule has 7 nitrogen and oxygen atoms in total. The first-order valence-electron chi connectivity index (χ1n) is 9.31. The Bertz CT molecular complexity index is 1380. The van der Waals surface area contributed by atoms with E-state index < -0.39 is 20.2 Å². The highest BCUT2D eigenvalue weighted by molar-refractivity contribution is 7.86. The van der Waals surface area contributed by atoms with E-state index in [1.807, 2.05) is 30.3 Å². The van der Waals surface area contributed by atoms with Gasteiger partial charge in [0.25, 0.3) is 20.2 Å². The zero-order valence-electron chi connectivity index (χ0n) is 16.4. The largest absolute Gasteiger partial charge is 0.361 e. The van der Waals surface area contributed by atoms with Crippen molar-refractivity contribution in [3.63, 3.8) is 0 Å². The zero-order chi connectivity index (χ0) is 22.9. The summed E-state index contributed by atoms with van der Waals surface area (Å²) in [6.45, 7) is 0. The van der Waals surface area contributed by atoms with Crippen LogP contribution in [-0.2, 0) is 20.2 Å². The van der Waals surface area contributed by atoms with Gasteiger partial charge in [0.2, 0.25) is 0 Å². The van der Waals surface area contributed by atoms with Crippen LogP contribution in [0.25, 0.3) is 33.8 Å². The summed E-state index contributed by atoms with van der Waals surface area (Å²) >= 11 is 0. The molecule has 3 aromatic carbocycles. The predicted octanol–water partition coefficient (Wildman–Crippen LogP) is 5.06. The minimum atomic E-state index is -4.32. The van der Waals surface area contributed by atoms with Crippen molar-refractivity contribution in [1.82, 2.24) is 0 Å². The summed E-state index contributed by atoms with van der Waals surface area (Å²) in [5, 5.41) is 0. The molecule has 0 atom stereocenters. The quantitative estimate of drug-likeness (QED) is 0.310. The Kier molecular flexibility index (Phi) is 5.66. The predicted molar refractivity (Wildman–Crippen MR) is 119 cm³/mol. The van der Waals surface area contributed by atoms with Crippen LogP contribution in [0.5, 0.6) is 0 Å². The maximum Gasteiger partial charge on any atom is 0.361 e. The molecule has 0 radical (unpaired) electrons. The summed E-state index contributed by atoms with van der Waals surface area (Å²) in [6.07, 6.45) is 0. The van der Waals surface area contributed by atoms with E-state index in [1.54, 1.807) is 12.1 Å². The van der Waals surface area contributed by atoms with Crippen molar-refractivity contribution in [2.45, 2.75) is 9.79 Å². The number of benzene rings is 3. The van der Waals surface area contributed by atoms with E-state index in [0.717, 1.165) is 11.1 Å². The molecule has 0 aliphatic carbocycles. The summed E-state index contributed by atoms with van der Waals surface area (Å²) in [4.78, 5) is -0.469. The van der Waals surface area contributed by atoms with Crippen molar-refractivity contribution >= 4 is 20.2 Å². The summed E-state index contributed by atoms with van der Waals surface area (Å²) in [5.74, 6) is 0.865. The minimum absolute atomic E-state index is 0.235. The van der Waals surface area contributed by atoms with Gasteiger partial charge in [-0.05, 0) is 54.1 Å². The third kappa shape index (κ3) is 4.76. The van der Waals surface area contributed by atoms with Gasteiger partial charge in [0, 0.05) is 5.56 Å². The molecule has 2 N–H and O–H groups in total. The molecule has 9 heteroatoms. The Labute approximate surface area is 185 Å². The molecule has 32 heavy (non-hydrogen) atoms. The van der Waals surface area contributed by atoms with Gasteiger partial charge in [0.15, 0.2) is 0 Å². The summed E-state index contributed by atoms with van der Waals surface area (Å²) in [6, 6.07) is 24.3. The highest BCUT2D eigenvalue weighted by Crippen LogP contribution is 2.33. The van der Waals surface area contributed by atoms with Gasteiger partial charge < -0.3 is 0 Å². The maximum absolute atomic E-state index is 11.3. The fraction of sp³-hybridized carbons (Fsp3) is 0. The summed E-state index contributed by atoms with van der Waals surface area (Å²) in [7, 11) is -8.64. The lowest BCUT2D eigenvalue weighted by atomic mass is 10.0. The Morgan fingerprint density at radius 3 is 1.28 bits per heavy atom.